The van der Waals surface area contributed by atoms with Crippen LogP contribution in [0.25, 0.3) is 0 Å². The van der Waals surface area contributed by atoms with Crippen molar-refractivity contribution in [2.24, 2.45) is 11.8 Å². The van der Waals surface area contributed by atoms with Gasteiger partial charge in [-0.3, -0.25) is 4.90 Å². The highest BCUT2D eigenvalue weighted by Gasteiger charge is 2.27. The second kappa shape index (κ2) is 6.02. The highest BCUT2D eigenvalue weighted by molar-refractivity contribution is 4.83. The third-order valence-electron chi connectivity index (χ3n) is 4.70. The molecule has 1 aliphatic heterocycles. The van der Waals surface area contributed by atoms with E-state index in [9.17, 15) is 0 Å². The molecule has 2 nitrogen and oxygen atoms in total. The monoisotopic (exact) mass is 224 g/mol. The van der Waals surface area contributed by atoms with Gasteiger partial charge in [0.25, 0.3) is 0 Å². The van der Waals surface area contributed by atoms with Crippen LogP contribution >= 0.6 is 0 Å². The van der Waals surface area contributed by atoms with Crippen LogP contribution in [0.4, 0.5) is 0 Å². The molecule has 0 aromatic rings. The Morgan fingerprint density at radius 3 is 2.81 bits per heavy atom. The van der Waals surface area contributed by atoms with Crippen molar-refractivity contribution in [1.82, 2.24) is 10.2 Å². The first-order chi connectivity index (χ1) is 7.81. The van der Waals surface area contributed by atoms with Gasteiger partial charge in [-0.2, -0.15) is 0 Å². The highest BCUT2D eigenvalue weighted by Crippen LogP contribution is 2.30. The predicted octanol–water partition coefficient (Wildman–Crippen LogP) is 2.50. The van der Waals surface area contributed by atoms with E-state index in [0.29, 0.717) is 0 Å². The van der Waals surface area contributed by atoms with Crippen molar-refractivity contribution >= 4 is 0 Å². The first-order valence-corrected chi connectivity index (χ1v) is 7.26. The number of nitrogens with zero attached hydrogens (tertiary/aromatic N) is 1. The van der Waals surface area contributed by atoms with E-state index in [4.69, 9.17) is 0 Å². The molecule has 0 aromatic carbocycles. The second-order valence-electron chi connectivity index (χ2n) is 5.78. The largest absolute Gasteiger partial charge is 0.314 e. The van der Waals surface area contributed by atoms with Crippen molar-refractivity contribution in [3.63, 3.8) is 0 Å². The summed E-state index contributed by atoms with van der Waals surface area (Å²) < 4.78 is 0. The Kier molecular flexibility index (Phi) is 4.66. The molecule has 1 heterocycles. The van der Waals surface area contributed by atoms with Crippen molar-refractivity contribution < 1.29 is 0 Å². The van der Waals surface area contributed by atoms with Gasteiger partial charge in [-0.25, -0.2) is 0 Å². The third kappa shape index (κ3) is 2.98. The molecule has 2 rings (SSSR count). The molecule has 1 saturated heterocycles. The van der Waals surface area contributed by atoms with Gasteiger partial charge in [0.1, 0.15) is 0 Å². The van der Waals surface area contributed by atoms with Gasteiger partial charge in [0.15, 0.2) is 0 Å². The summed E-state index contributed by atoms with van der Waals surface area (Å²) in [5, 5.41) is 3.52. The summed E-state index contributed by atoms with van der Waals surface area (Å²) in [5.41, 5.74) is 0. The van der Waals surface area contributed by atoms with E-state index in [-0.39, 0.29) is 0 Å². The van der Waals surface area contributed by atoms with Crippen LogP contribution in [0.15, 0.2) is 0 Å². The van der Waals surface area contributed by atoms with Crippen LogP contribution in [0.3, 0.4) is 0 Å². The van der Waals surface area contributed by atoms with Crippen molar-refractivity contribution in [2.45, 2.75) is 52.0 Å². The molecule has 3 atom stereocenters. The Morgan fingerprint density at radius 2 is 2.06 bits per heavy atom. The van der Waals surface area contributed by atoms with Crippen molar-refractivity contribution in [3.05, 3.63) is 0 Å². The van der Waals surface area contributed by atoms with E-state index in [1.165, 1.54) is 58.3 Å². The minimum Gasteiger partial charge on any atom is -0.314 e. The molecule has 2 heteroatoms. The molecule has 2 aliphatic rings. The fourth-order valence-corrected chi connectivity index (χ4v) is 3.41. The molecule has 2 fully saturated rings. The van der Waals surface area contributed by atoms with E-state index in [1.807, 2.05) is 0 Å². The van der Waals surface area contributed by atoms with Crippen LogP contribution in [0.2, 0.25) is 0 Å². The fourth-order valence-electron chi connectivity index (χ4n) is 3.41. The average Bonchev–Trinajstić information content (AvgIpc) is 2.33. The quantitative estimate of drug-likeness (QED) is 0.792. The number of piperazine rings is 1. The van der Waals surface area contributed by atoms with Gasteiger partial charge < -0.3 is 5.32 Å². The fraction of sp³-hybridized carbons (Fsp3) is 1.00. The van der Waals surface area contributed by atoms with E-state index in [1.54, 1.807) is 0 Å². The van der Waals surface area contributed by atoms with Crippen LogP contribution < -0.4 is 5.32 Å². The zero-order chi connectivity index (χ0) is 11.4. The molecule has 94 valence electrons. The van der Waals surface area contributed by atoms with Gasteiger partial charge in [0, 0.05) is 32.2 Å². The van der Waals surface area contributed by atoms with E-state index < -0.39 is 0 Å². The minimum atomic E-state index is 0.794. The van der Waals surface area contributed by atoms with Crippen LogP contribution in [-0.4, -0.2) is 37.1 Å². The summed E-state index contributed by atoms with van der Waals surface area (Å²) in [6.07, 6.45) is 7.18. The lowest BCUT2D eigenvalue weighted by atomic mass is 9.80. The Labute approximate surface area is 101 Å². The summed E-state index contributed by atoms with van der Waals surface area (Å²) in [6, 6.07) is 0.794. The third-order valence-corrected chi connectivity index (χ3v) is 4.70. The topological polar surface area (TPSA) is 15.3 Å². The number of hydrogen-bond acceptors (Lipinski definition) is 2. The molecule has 0 radical (unpaired) electrons. The first-order valence-electron chi connectivity index (χ1n) is 7.26. The van der Waals surface area contributed by atoms with E-state index in [0.717, 1.165) is 17.9 Å². The van der Waals surface area contributed by atoms with E-state index in [2.05, 4.69) is 24.1 Å². The van der Waals surface area contributed by atoms with Gasteiger partial charge in [-0.15, -0.1) is 0 Å². The lowest BCUT2D eigenvalue weighted by Gasteiger charge is -2.40. The molecular formula is C14H28N2. The molecule has 0 spiro atoms. The van der Waals surface area contributed by atoms with Gasteiger partial charge in [0.2, 0.25) is 0 Å². The molecule has 16 heavy (non-hydrogen) atoms. The Balaban J connectivity index is 1.86. The Bertz CT molecular complexity index is 205. The lowest BCUT2D eigenvalue weighted by Crippen LogP contribution is -2.52. The molecule has 3 unspecified atom stereocenters. The van der Waals surface area contributed by atoms with Gasteiger partial charge in [-0.1, -0.05) is 33.1 Å². The van der Waals surface area contributed by atoms with Gasteiger partial charge in [-0.05, 0) is 24.7 Å². The van der Waals surface area contributed by atoms with Crippen molar-refractivity contribution in [3.8, 4) is 0 Å². The molecular weight excluding hydrogens is 196 g/mol. The second-order valence-corrected chi connectivity index (χ2v) is 5.78. The average molecular weight is 224 g/mol. The summed E-state index contributed by atoms with van der Waals surface area (Å²) in [5.74, 6) is 1.93. The first kappa shape index (κ1) is 12.4. The van der Waals surface area contributed by atoms with Gasteiger partial charge >= 0.3 is 0 Å². The maximum atomic E-state index is 3.52. The lowest BCUT2D eigenvalue weighted by molar-refractivity contribution is 0.100. The van der Waals surface area contributed by atoms with Crippen LogP contribution in [0.1, 0.15) is 46.0 Å². The molecule has 0 aromatic heterocycles. The molecule has 1 saturated carbocycles. The van der Waals surface area contributed by atoms with Crippen LogP contribution in [0, 0.1) is 11.8 Å². The van der Waals surface area contributed by atoms with E-state index >= 15 is 0 Å². The summed E-state index contributed by atoms with van der Waals surface area (Å²) in [6.45, 7) is 9.82. The summed E-state index contributed by atoms with van der Waals surface area (Å²) in [7, 11) is 0. The molecule has 0 amide bonds. The molecule has 0 bridgehead atoms. The molecule has 1 N–H and O–H groups in total. The normalized spacial score (nSPS) is 37.5. The zero-order valence-electron chi connectivity index (χ0n) is 11.0. The number of hydrogen-bond donors (Lipinski definition) is 1. The molecule has 1 aliphatic carbocycles. The standard InChI is InChI=1S/C14H28N2/c1-3-14-10-15-8-9-16(14)11-13-7-5-4-6-12(13)2/h12-15H,3-11H2,1-2H3. The maximum Gasteiger partial charge on any atom is 0.0218 e. The SMILES string of the molecule is CCC1CNCCN1CC1CCCCC1C. The minimum absolute atomic E-state index is 0.794. The smallest absolute Gasteiger partial charge is 0.0218 e. The zero-order valence-corrected chi connectivity index (χ0v) is 11.0. The van der Waals surface area contributed by atoms with Gasteiger partial charge in [0.05, 0.1) is 0 Å². The highest BCUT2D eigenvalue weighted by atomic mass is 15.2. The Morgan fingerprint density at radius 1 is 1.25 bits per heavy atom. The van der Waals surface area contributed by atoms with Crippen molar-refractivity contribution in [2.75, 3.05) is 26.2 Å². The maximum absolute atomic E-state index is 3.52. The number of rotatable bonds is 3. The predicted molar refractivity (Wildman–Crippen MR) is 69.6 cm³/mol. The van der Waals surface area contributed by atoms with Crippen LogP contribution in [0.5, 0.6) is 0 Å². The van der Waals surface area contributed by atoms with Crippen molar-refractivity contribution in [1.29, 1.82) is 0 Å². The summed E-state index contributed by atoms with van der Waals surface area (Å²) >= 11 is 0. The Hall–Kier alpha value is -0.0800. The summed E-state index contributed by atoms with van der Waals surface area (Å²) in [4.78, 5) is 2.75. The number of nitrogens with one attached hydrogen (secondary N) is 1. The van der Waals surface area contributed by atoms with Crippen LogP contribution in [-0.2, 0) is 0 Å².